The van der Waals surface area contributed by atoms with E-state index in [9.17, 15) is 0 Å². The van der Waals surface area contributed by atoms with Gasteiger partial charge < -0.3 is 0 Å². The van der Waals surface area contributed by atoms with Gasteiger partial charge in [0.15, 0.2) is 0 Å². The van der Waals surface area contributed by atoms with Crippen LogP contribution < -0.4 is 0 Å². The van der Waals surface area contributed by atoms with Gasteiger partial charge in [-0.15, -0.1) is 0 Å². The first kappa shape index (κ1) is 11.3. The molecule has 0 saturated carbocycles. The lowest BCUT2D eigenvalue weighted by molar-refractivity contribution is 0.630. The van der Waals surface area contributed by atoms with Crippen LogP contribution in [0.4, 0.5) is 0 Å². The minimum absolute atomic E-state index is 1.27. The molecule has 0 saturated heterocycles. The summed E-state index contributed by atoms with van der Waals surface area (Å²) < 4.78 is 0. The first-order valence-corrected chi connectivity index (χ1v) is 5.89. The van der Waals surface area contributed by atoms with Crippen LogP contribution in [0, 0.1) is 0 Å². The number of hydrogen-bond acceptors (Lipinski definition) is 0. The van der Waals surface area contributed by atoms with Crippen LogP contribution in [0.3, 0.4) is 0 Å². The fourth-order valence-electron chi connectivity index (χ4n) is 1.80. The van der Waals surface area contributed by atoms with E-state index in [2.05, 4.69) is 38.2 Å². The van der Waals surface area contributed by atoms with Crippen molar-refractivity contribution in [2.75, 3.05) is 0 Å². The molecule has 0 nitrogen and oxygen atoms in total. The van der Waals surface area contributed by atoms with Crippen molar-refractivity contribution in [3.05, 3.63) is 35.5 Å². The molecule has 0 fully saturated rings. The van der Waals surface area contributed by atoms with Crippen LogP contribution >= 0.6 is 0 Å². The monoisotopic (exact) mass is 190 g/mol. The molecule has 0 aromatic carbocycles. The van der Waals surface area contributed by atoms with Gasteiger partial charge >= 0.3 is 0 Å². The van der Waals surface area contributed by atoms with E-state index in [-0.39, 0.29) is 0 Å². The molecule has 0 N–H and O–H groups in total. The zero-order valence-corrected chi connectivity index (χ0v) is 9.55. The lowest BCUT2D eigenvalue weighted by Crippen LogP contribution is -1.83. The molecule has 1 rings (SSSR count). The number of unbranched alkanes of at least 4 members (excludes halogenated alkanes) is 4. The van der Waals surface area contributed by atoms with Crippen molar-refractivity contribution < 1.29 is 0 Å². The second-order valence-electron chi connectivity index (χ2n) is 4.12. The van der Waals surface area contributed by atoms with Crippen molar-refractivity contribution in [1.29, 1.82) is 0 Å². The molecule has 1 aliphatic rings. The zero-order chi connectivity index (χ0) is 10.2. The molecule has 0 radical (unpaired) electrons. The standard InChI is InChI=1S/C14H22/c1-3-4-5-6-7-10-13(2)14-11-8-9-12-14/h8-9,11-12H,3-7,10H2,1-2H3. The lowest BCUT2D eigenvalue weighted by Gasteiger charge is -2.03. The molecule has 0 aliphatic heterocycles. The van der Waals surface area contributed by atoms with Crippen LogP contribution in [-0.2, 0) is 0 Å². The van der Waals surface area contributed by atoms with Crippen LogP contribution in [0.2, 0.25) is 0 Å². The second-order valence-corrected chi connectivity index (χ2v) is 4.12. The number of allylic oxidation sites excluding steroid dienone is 6. The summed E-state index contributed by atoms with van der Waals surface area (Å²) >= 11 is 0. The molecule has 0 spiro atoms. The molecule has 0 aromatic heterocycles. The summed E-state index contributed by atoms with van der Waals surface area (Å²) in [6, 6.07) is 0. The Balaban J connectivity index is 2.15. The molecule has 0 bridgehead atoms. The lowest BCUT2D eigenvalue weighted by atomic mass is 10.0. The van der Waals surface area contributed by atoms with Crippen LogP contribution in [0.1, 0.15) is 52.4 Å². The predicted molar refractivity (Wildman–Crippen MR) is 64.4 cm³/mol. The van der Waals surface area contributed by atoms with Gasteiger partial charge in [0.2, 0.25) is 0 Å². The van der Waals surface area contributed by atoms with Crippen molar-refractivity contribution in [3.63, 3.8) is 0 Å². The van der Waals surface area contributed by atoms with Crippen molar-refractivity contribution in [2.45, 2.75) is 52.4 Å². The third kappa shape index (κ3) is 3.95. The predicted octanol–water partition coefficient (Wildman–Crippen LogP) is 4.79. The Morgan fingerprint density at radius 1 is 1.00 bits per heavy atom. The quantitative estimate of drug-likeness (QED) is 0.528. The van der Waals surface area contributed by atoms with Gasteiger partial charge in [-0.1, -0.05) is 62.5 Å². The van der Waals surface area contributed by atoms with Gasteiger partial charge in [-0.2, -0.15) is 0 Å². The summed E-state index contributed by atoms with van der Waals surface area (Å²) in [7, 11) is 0. The summed E-state index contributed by atoms with van der Waals surface area (Å²) in [6.45, 7) is 4.52. The summed E-state index contributed by atoms with van der Waals surface area (Å²) in [5, 5.41) is 0. The summed E-state index contributed by atoms with van der Waals surface area (Å²) in [4.78, 5) is 0. The van der Waals surface area contributed by atoms with Gasteiger partial charge in [0, 0.05) is 0 Å². The van der Waals surface area contributed by atoms with E-state index in [0.717, 1.165) is 0 Å². The van der Waals surface area contributed by atoms with Crippen LogP contribution in [0.25, 0.3) is 0 Å². The average Bonchev–Trinajstić information content (AvgIpc) is 2.70. The highest BCUT2D eigenvalue weighted by molar-refractivity contribution is 5.42. The largest absolute Gasteiger partial charge is 0.0661 e. The Labute approximate surface area is 88.4 Å². The minimum atomic E-state index is 1.27. The Bertz CT molecular complexity index is 227. The minimum Gasteiger partial charge on any atom is -0.0661 e. The highest BCUT2D eigenvalue weighted by Crippen LogP contribution is 2.18. The molecule has 0 heteroatoms. The highest BCUT2D eigenvalue weighted by Gasteiger charge is 1.98. The smallest absolute Gasteiger partial charge is 0.0267 e. The normalized spacial score (nSPS) is 14.0. The molecule has 0 aromatic rings. The fraction of sp³-hybridized carbons (Fsp3) is 0.571. The molecule has 1 aliphatic carbocycles. The third-order valence-electron chi connectivity index (χ3n) is 2.81. The summed E-state index contributed by atoms with van der Waals surface area (Å²) in [5.41, 5.74) is 2.98. The molecule has 0 atom stereocenters. The van der Waals surface area contributed by atoms with Crippen LogP contribution in [0.5, 0.6) is 0 Å². The summed E-state index contributed by atoms with van der Waals surface area (Å²) in [6.07, 6.45) is 16.8. The number of rotatable bonds is 6. The first-order chi connectivity index (χ1) is 6.84. The third-order valence-corrected chi connectivity index (χ3v) is 2.81. The van der Waals surface area contributed by atoms with Gasteiger partial charge in [0.05, 0.1) is 0 Å². The maximum Gasteiger partial charge on any atom is -0.0267 e. The Morgan fingerprint density at radius 3 is 2.29 bits per heavy atom. The van der Waals surface area contributed by atoms with Gasteiger partial charge in [0.1, 0.15) is 0 Å². The average molecular weight is 190 g/mol. The van der Waals surface area contributed by atoms with Crippen molar-refractivity contribution >= 4 is 0 Å². The maximum atomic E-state index is 2.27. The molecular formula is C14H22. The van der Waals surface area contributed by atoms with E-state index >= 15 is 0 Å². The first-order valence-electron chi connectivity index (χ1n) is 5.89. The zero-order valence-electron chi connectivity index (χ0n) is 9.55. The van der Waals surface area contributed by atoms with Gasteiger partial charge in [0.25, 0.3) is 0 Å². The Morgan fingerprint density at radius 2 is 1.64 bits per heavy atom. The molecule has 0 amide bonds. The molecule has 78 valence electrons. The van der Waals surface area contributed by atoms with Gasteiger partial charge in [-0.3, -0.25) is 0 Å². The van der Waals surface area contributed by atoms with Crippen molar-refractivity contribution in [1.82, 2.24) is 0 Å². The Hall–Kier alpha value is -0.780. The molecule has 0 heterocycles. The van der Waals surface area contributed by atoms with Gasteiger partial charge in [-0.25, -0.2) is 0 Å². The Kier molecular flexibility index (Phi) is 5.36. The summed E-state index contributed by atoms with van der Waals surface area (Å²) in [5.74, 6) is 0. The fourth-order valence-corrected chi connectivity index (χ4v) is 1.80. The van der Waals surface area contributed by atoms with E-state index in [0.29, 0.717) is 0 Å². The number of hydrogen-bond donors (Lipinski definition) is 0. The maximum absolute atomic E-state index is 2.27. The highest BCUT2D eigenvalue weighted by atomic mass is 14.0. The van der Waals surface area contributed by atoms with E-state index < -0.39 is 0 Å². The van der Waals surface area contributed by atoms with E-state index in [4.69, 9.17) is 0 Å². The van der Waals surface area contributed by atoms with E-state index in [1.165, 1.54) is 44.1 Å². The van der Waals surface area contributed by atoms with Crippen molar-refractivity contribution in [2.24, 2.45) is 0 Å². The molecular weight excluding hydrogens is 168 g/mol. The van der Waals surface area contributed by atoms with Crippen molar-refractivity contribution in [3.8, 4) is 0 Å². The van der Waals surface area contributed by atoms with Crippen LogP contribution in [-0.4, -0.2) is 0 Å². The van der Waals surface area contributed by atoms with E-state index in [1.807, 2.05) is 0 Å². The van der Waals surface area contributed by atoms with Crippen LogP contribution in [0.15, 0.2) is 35.5 Å². The second kappa shape index (κ2) is 6.64. The van der Waals surface area contributed by atoms with Gasteiger partial charge in [-0.05, 0) is 25.3 Å². The molecule has 14 heavy (non-hydrogen) atoms. The van der Waals surface area contributed by atoms with E-state index in [1.54, 1.807) is 5.57 Å². The molecule has 0 unspecified atom stereocenters. The SMILES string of the molecule is CCCCCCCC(C)=C1C=CC=C1. The topological polar surface area (TPSA) is 0 Å².